The van der Waals surface area contributed by atoms with Crippen LogP contribution in [0.5, 0.6) is 0 Å². The zero-order chi connectivity index (χ0) is 22.5. The fraction of sp³-hybridized carbons (Fsp3) is 0.348. The number of nitrogens with one attached hydrogen (secondary N) is 1. The first kappa shape index (κ1) is 23.5. The summed E-state index contributed by atoms with van der Waals surface area (Å²) in [5.41, 5.74) is 3.68. The first-order chi connectivity index (χ1) is 14.8. The molecule has 2 amide bonds. The highest BCUT2D eigenvalue weighted by molar-refractivity contribution is 9.10. The molecule has 0 aliphatic carbocycles. The fourth-order valence-corrected chi connectivity index (χ4v) is 5.00. The van der Waals surface area contributed by atoms with Gasteiger partial charge in [0.1, 0.15) is 5.25 Å². The molecule has 1 fully saturated rings. The van der Waals surface area contributed by atoms with Crippen molar-refractivity contribution in [3.63, 3.8) is 0 Å². The maximum absolute atomic E-state index is 13.2. The zero-order valence-electron chi connectivity index (χ0n) is 18.0. The van der Waals surface area contributed by atoms with Crippen LogP contribution in [0.25, 0.3) is 0 Å². The summed E-state index contributed by atoms with van der Waals surface area (Å²) in [5.74, 6) is -0.342. The van der Waals surface area contributed by atoms with Gasteiger partial charge in [0.05, 0.1) is 24.0 Å². The van der Waals surface area contributed by atoms with E-state index >= 15 is 0 Å². The number of hydrogen-bond donors (Lipinski definition) is 1. The molecule has 1 aliphatic heterocycles. The van der Waals surface area contributed by atoms with Crippen LogP contribution in [0.2, 0.25) is 0 Å². The Kier molecular flexibility index (Phi) is 7.91. The second kappa shape index (κ2) is 10.4. The summed E-state index contributed by atoms with van der Waals surface area (Å²) in [6.07, 6.45) is 0.0624. The van der Waals surface area contributed by atoms with E-state index in [9.17, 15) is 9.59 Å². The molecule has 2 atom stereocenters. The molecule has 6 nitrogen and oxygen atoms in total. The summed E-state index contributed by atoms with van der Waals surface area (Å²) in [6, 6.07) is 13.2. The van der Waals surface area contributed by atoms with Gasteiger partial charge in [0.15, 0.2) is 5.17 Å². The number of halogens is 1. The molecule has 1 heterocycles. The third kappa shape index (κ3) is 5.75. The van der Waals surface area contributed by atoms with Gasteiger partial charge in [-0.2, -0.15) is 0 Å². The van der Waals surface area contributed by atoms with Crippen molar-refractivity contribution in [1.29, 1.82) is 0 Å². The Balaban J connectivity index is 1.82. The third-order valence-electron chi connectivity index (χ3n) is 4.90. The van der Waals surface area contributed by atoms with E-state index in [-0.39, 0.29) is 24.3 Å². The van der Waals surface area contributed by atoms with Gasteiger partial charge in [-0.3, -0.25) is 14.5 Å². The van der Waals surface area contributed by atoms with Gasteiger partial charge in [0.2, 0.25) is 11.8 Å². The van der Waals surface area contributed by atoms with Gasteiger partial charge in [-0.05, 0) is 60.5 Å². The maximum atomic E-state index is 13.2. The summed E-state index contributed by atoms with van der Waals surface area (Å²) >= 11 is 4.76. The lowest BCUT2D eigenvalue weighted by Crippen LogP contribution is -2.42. The second-order valence-electron chi connectivity index (χ2n) is 7.54. The molecule has 0 unspecified atom stereocenters. The number of para-hydroxylation sites is 1. The molecular formula is C23H26BrN3O3S. The number of amidine groups is 1. The van der Waals surface area contributed by atoms with Gasteiger partial charge >= 0.3 is 0 Å². The van der Waals surface area contributed by atoms with E-state index in [4.69, 9.17) is 9.73 Å². The molecule has 1 aliphatic rings. The van der Waals surface area contributed by atoms with Crippen LogP contribution in [0.4, 0.5) is 11.4 Å². The number of hydrogen-bond acceptors (Lipinski definition) is 5. The van der Waals surface area contributed by atoms with Crippen molar-refractivity contribution in [2.75, 3.05) is 19.0 Å². The van der Waals surface area contributed by atoms with Gasteiger partial charge in [-0.25, -0.2) is 4.99 Å². The number of ether oxygens (including phenoxy) is 1. The lowest BCUT2D eigenvalue weighted by molar-refractivity contribution is -0.130. The molecule has 1 saturated heterocycles. The van der Waals surface area contributed by atoms with Gasteiger partial charge in [0.25, 0.3) is 0 Å². The van der Waals surface area contributed by atoms with E-state index in [0.29, 0.717) is 17.5 Å². The average molecular weight is 504 g/mol. The number of rotatable bonds is 7. The van der Waals surface area contributed by atoms with E-state index in [1.165, 1.54) is 11.8 Å². The van der Waals surface area contributed by atoms with Crippen LogP contribution in [0.3, 0.4) is 0 Å². The van der Waals surface area contributed by atoms with Crippen LogP contribution in [-0.4, -0.2) is 46.9 Å². The van der Waals surface area contributed by atoms with Crippen LogP contribution in [0, 0.1) is 13.8 Å². The number of carbonyl (C=O) groups excluding carboxylic acids is 2. The third-order valence-corrected chi connectivity index (χ3v) is 6.75. The molecule has 0 bridgehead atoms. The molecule has 2 aromatic rings. The Bertz CT molecular complexity index is 1010. The molecule has 1 N–H and O–H groups in total. The molecule has 8 heteroatoms. The topological polar surface area (TPSA) is 71.0 Å². The van der Waals surface area contributed by atoms with E-state index in [1.54, 1.807) is 12.0 Å². The quantitative estimate of drug-likeness (QED) is 0.572. The Hall–Kier alpha value is -2.16. The predicted octanol–water partition coefficient (Wildman–Crippen LogP) is 5.06. The van der Waals surface area contributed by atoms with Crippen LogP contribution >= 0.6 is 27.7 Å². The Morgan fingerprint density at radius 1 is 1.29 bits per heavy atom. The van der Waals surface area contributed by atoms with E-state index < -0.39 is 5.25 Å². The van der Waals surface area contributed by atoms with Crippen molar-refractivity contribution in [1.82, 2.24) is 4.90 Å². The van der Waals surface area contributed by atoms with Gasteiger partial charge < -0.3 is 10.1 Å². The highest BCUT2D eigenvalue weighted by Crippen LogP contribution is 2.34. The summed E-state index contributed by atoms with van der Waals surface area (Å²) in [4.78, 5) is 32.3. The first-order valence-electron chi connectivity index (χ1n) is 9.99. The number of nitrogens with zero attached hydrogens (tertiary/aromatic N) is 2. The lowest BCUT2D eigenvalue weighted by atomic mass is 10.1. The monoisotopic (exact) mass is 503 g/mol. The highest BCUT2D eigenvalue weighted by Gasteiger charge is 2.41. The van der Waals surface area contributed by atoms with Crippen molar-refractivity contribution < 1.29 is 14.3 Å². The number of methoxy groups -OCH3 is 1. The van der Waals surface area contributed by atoms with Crippen molar-refractivity contribution >= 4 is 56.0 Å². The largest absolute Gasteiger partial charge is 0.383 e. The molecule has 0 radical (unpaired) electrons. The smallest absolute Gasteiger partial charge is 0.243 e. The van der Waals surface area contributed by atoms with Gasteiger partial charge in [-0.1, -0.05) is 41.6 Å². The molecule has 164 valence electrons. The van der Waals surface area contributed by atoms with Crippen molar-refractivity contribution in [2.24, 2.45) is 4.99 Å². The molecular weight excluding hydrogens is 478 g/mol. The first-order valence-corrected chi connectivity index (χ1v) is 11.7. The normalized spacial score (nSPS) is 18.5. The minimum atomic E-state index is -0.536. The van der Waals surface area contributed by atoms with Crippen LogP contribution in [0.1, 0.15) is 24.5 Å². The minimum Gasteiger partial charge on any atom is -0.383 e. The Morgan fingerprint density at radius 2 is 2.03 bits per heavy atom. The maximum Gasteiger partial charge on any atom is 0.243 e. The lowest BCUT2D eigenvalue weighted by Gasteiger charge is -2.23. The van der Waals surface area contributed by atoms with Crippen LogP contribution in [0.15, 0.2) is 51.9 Å². The number of carbonyl (C=O) groups is 2. The van der Waals surface area contributed by atoms with E-state index in [2.05, 4.69) is 27.3 Å². The van der Waals surface area contributed by atoms with Crippen molar-refractivity contribution in [3.05, 3.63) is 58.1 Å². The van der Waals surface area contributed by atoms with Crippen molar-refractivity contribution in [2.45, 2.75) is 38.5 Å². The van der Waals surface area contributed by atoms with Crippen LogP contribution in [-0.2, 0) is 14.3 Å². The van der Waals surface area contributed by atoms with Crippen molar-refractivity contribution in [3.8, 4) is 0 Å². The zero-order valence-corrected chi connectivity index (χ0v) is 20.4. The second-order valence-corrected chi connectivity index (χ2v) is 9.56. The average Bonchev–Trinajstić information content (AvgIpc) is 3.01. The summed E-state index contributed by atoms with van der Waals surface area (Å²) < 4.78 is 6.06. The molecule has 3 rings (SSSR count). The Labute approximate surface area is 195 Å². The SMILES string of the molecule is COC[C@@H](C)N1C(=O)[C@@H](CC(=O)Nc2ccccc2Br)SC1=Nc1ccc(C)cc1C. The molecule has 0 spiro atoms. The molecule has 0 aromatic heterocycles. The fourth-order valence-electron chi connectivity index (χ4n) is 3.38. The predicted molar refractivity (Wildman–Crippen MR) is 130 cm³/mol. The van der Waals surface area contributed by atoms with Gasteiger partial charge in [-0.15, -0.1) is 0 Å². The number of thioether (sulfide) groups is 1. The Morgan fingerprint density at radius 3 is 2.71 bits per heavy atom. The number of amides is 2. The molecule has 31 heavy (non-hydrogen) atoms. The number of aryl methyl sites for hydroxylation is 2. The number of aliphatic imine (C=N–C) groups is 1. The van der Waals surface area contributed by atoms with Gasteiger partial charge in [0, 0.05) is 18.0 Å². The minimum absolute atomic E-state index is 0.0624. The molecule has 2 aromatic carbocycles. The number of anilines is 1. The standard InChI is InChI=1S/C23H26BrN3O3S/c1-14-9-10-18(15(2)11-14)26-23-27(16(3)13-30-4)22(29)20(31-23)12-21(28)25-19-8-6-5-7-17(19)24/h5-11,16,20H,12-13H2,1-4H3,(H,25,28)/t16-,20-/m1/s1. The van der Waals surface area contributed by atoms with Crippen LogP contribution < -0.4 is 5.32 Å². The number of benzene rings is 2. The summed E-state index contributed by atoms with van der Waals surface area (Å²) in [5, 5.41) is 2.93. The summed E-state index contributed by atoms with van der Waals surface area (Å²) in [7, 11) is 1.60. The molecule has 0 saturated carbocycles. The van der Waals surface area contributed by atoms with E-state index in [0.717, 1.165) is 21.3 Å². The summed E-state index contributed by atoms with van der Waals surface area (Å²) in [6.45, 7) is 6.33. The highest BCUT2D eigenvalue weighted by atomic mass is 79.9. The van der Waals surface area contributed by atoms with E-state index in [1.807, 2.05) is 57.2 Å².